The van der Waals surface area contributed by atoms with E-state index >= 15 is 0 Å². The molecule has 0 aliphatic carbocycles. The van der Waals surface area contributed by atoms with E-state index in [1.165, 1.54) is 6.39 Å². The highest BCUT2D eigenvalue weighted by molar-refractivity contribution is 5.80. The zero-order chi connectivity index (χ0) is 16.9. The summed E-state index contributed by atoms with van der Waals surface area (Å²) >= 11 is 0. The number of hydrogen-bond acceptors (Lipinski definition) is 5. The SMILES string of the molecule is COCCN[C@H](CC(C)C)c1nc2ccc(-c3cnco3)cc2[nH]1. The minimum Gasteiger partial charge on any atom is -0.444 e. The van der Waals surface area contributed by atoms with E-state index in [0.717, 1.165) is 41.1 Å². The van der Waals surface area contributed by atoms with Gasteiger partial charge in [0.05, 0.1) is 29.9 Å². The number of aromatic amines is 1. The molecule has 0 fully saturated rings. The molecular formula is C18H24N4O2. The van der Waals surface area contributed by atoms with Crippen LogP contribution in [0.3, 0.4) is 0 Å². The number of nitrogens with zero attached hydrogens (tertiary/aromatic N) is 2. The highest BCUT2D eigenvalue weighted by Gasteiger charge is 2.17. The van der Waals surface area contributed by atoms with Crippen LogP contribution in [0.5, 0.6) is 0 Å². The molecular weight excluding hydrogens is 304 g/mol. The third-order valence-corrected chi connectivity index (χ3v) is 3.95. The Morgan fingerprint density at radius 1 is 1.33 bits per heavy atom. The topological polar surface area (TPSA) is 76.0 Å². The first kappa shape index (κ1) is 16.7. The zero-order valence-electron chi connectivity index (χ0n) is 14.4. The van der Waals surface area contributed by atoms with E-state index in [4.69, 9.17) is 14.1 Å². The Morgan fingerprint density at radius 3 is 2.92 bits per heavy atom. The van der Waals surface area contributed by atoms with E-state index in [-0.39, 0.29) is 6.04 Å². The van der Waals surface area contributed by atoms with Gasteiger partial charge in [0, 0.05) is 19.2 Å². The largest absolute Gasteiger partial charge is 0.444 e. The molecule has 0 spiro atoms. The number of methoxy groups -OCH3 is 1. The summed E-state index contributed by atoms with van der Waals surface area (Å²) in [6, 6.07) is 6.24. The molecule has 6 heteroatoms. The van der Waals surface area contributed by atoms with Crippen LogP contribution in [0.4, 0.5) is 0 Å². The maximum atomic E-state index is 5.37. The summed E-state index contributed by atoms with van der Waals surface area (Å²) in [6.07, 6.45) is 4.17. The molecule has 2 aromatic heterocycles. The molecule has 0 amide bonds. The van der Waals surface area contributed by atoms with Gasteiger partial charge in [-0.2, -0.15) is 0 Å². The normalized spacial score (nSPS) is 13.0. The van der Waals surface area contributed by atoms with Gasteiger partial charge in [-0.25, -0.2) is 9.97 Å². The maximum Gasteiger partial charge on any atom is 0.181 e. The summed E-state index contributed by atoms with van der Waals surface area (Å²) in [7, 11) is 1.71. The average molecular weight is 328 g/mol. The Kier molecular flexibility index (Phi) is 5.27. The Hall–Kier alpha value is -2.18. The molecule has 0 unspecified atom stereocenters. The number of oxazole rings is 1. The lowest BCUT2D eigenvalue weighted by atomic mass is 10.0. The molecule has 1 aromatic carbocycles. The van der Waals surface area contributed by atoms with E-state index in [2.05, 4.69) is 29.1 Å². The lowest BCUT2D eigenvalue weighted by Gasteiger charge is -2.18. The van der Waals surface area contributed by atoms with E-state index in [1.54, 1.807) is 13.3 Å². The van der Waals surface area contributed by atoms with Crippen molar-refractivity contribution in [2.24, 2.45) is 5.92 Å². The number of fused-ring (bicyclic) bond motifs is 1. The predicted octanol–water partition coefficient (Wildman–Crippen LogP) is 3.54. The van der Waals surface area contributed by atoms with Crippen LogP contribution in [-0.2, 0) is 4.74 Å². The first-order chi connectivity index (χ1) is 11.7. The van der Waals surface area contributed by atoms with Crippen LogP contribution in [-0.4, -0.2) is 35.2 Å². The van der Waals surface area contributed by atoms with Crippen molar-refractivity contribution in [3.63, 3.8) is 0 Å². The van der Waals surface area contributed by atoms with Crippen molar-refractivity contribution in [2.75, 3.05) is 20.3 Å². The number of nitrogens with one attached hydrogen (secondary N) is 2. The van der Waals surface area contributed by atoms with E-state index < -0.39 is 0 Å². The van der Waals surface area contributed by atoms with Crippen molar-refractivity contribution in [3.8, 4) is 11.3 Å². The molecule has 0 saturated heterocycles. The molecule has 1 atom stereocenters. The lowest BCUT2D eigenvalue weighted by Crippen LogP contribution is -2.27. The van der Waals surface area contributed by atoms with Crippen molar-refractivity contribution in [3.05, 3.63) is 36.6 Å². The number of aromatic nitrogens is 3. The highest BCUT2D eigenvalue weighted by Crippen LogP contribution is 2.26. The minimum absolute atomic E-state index is 0.182. The summed E-state index contributed by atoms with van der Waals surface area (Å²) < 4.78 is 10.5. The fraction of sp³-hybridized carbons (Fsp3) is 0.444. The molecule has 3 rings (SSSR count). The number of hydrogen-bond donors (Lipinski definition) is 2. The summed E-state index contributed by atoms with van der Waals surface area (Å²) in [5, 5.41) is 3.52. The van der Waals surface area contributed by atoms with Gasteiger partial charge in [-0.15, -0.1) is 0 Å². The highest BCUT2D eigenvalue weighted by atomic mass is 16.5. The first-order valence-electron chi connectivity index (χ1n) is 8.28. The van der Waals surface area contributed by atoms with Crippen LogP contribution >= 0.6 is 0 Å². The zero-order valence-corrected chi connectivity index (χ0v) is 14.4. The maximum absolute atomic E-state index is 5.37. The summed E-state index contributed by atoms with van der Waals surface area (Å²) in [4.78, 5) is 12.2. The molecule has 128 valence electrons. The minimum atomic E-state index is 0.182. The monoisotopic (exact) mass is 328 g/mol. The quantitative estimate of drug-likeness (QED) is 0.619. The lowest BCUT2D eigenvalue weighted by molar-refractivity contribution is 0.193. The van der Waals surface area contributed by atoms with Gasteiger partial charge < -0.3 is 19.5 Å². The molecule has 2 heterocycles. The molecule has 0 aliphatic rings. The number of benzene rings is 1. The molecule has 0 bridgehead atoms. The van der Waals surface area contributed by atoms with Gasteiger partial charge in [0.1, 0.15) is 5.82 Å². The Bertz CT molecular complexity index is 765. The summed E-state index contributed by atoms with van der Waals surface area (Å²) in [6.45, 7) is 5.92. The van der Waals surface area contributed by atoms with Gasteiger partial charge >= 0.3 is 0 Å². The Labute approximate surface area is 141 Å². The van der Waals surface area contributed by atoms with Crippen LogP contribution in [0.25, 0.3) is 22.4 Å². The number of ether oxygens (including phenoxy) is 1. The molecule has 24 heavy (non-hydrogen) atoms. The molecule has 0 aliphatic heterocycles. The van der Waals surface area contributed by atoms with Crippen molar-refractivity contribution in [1.29, 1.82) is 0 Å². The van der Waals surface area contributed by atoms with E-state index in [0.29, 0.717) is 12.5 Å². The van der Waals surface area contributed by atoms with E-state index in [1.807, 2.05) is 18.2 Å². The van der Waals surface area contributed by atoms with Crippen molar-refractivity contribution in [2.45, 2.75) is 26.3 Å². The molecule has 3 aromatic rings. The van der Waals surface area contributed by atoms with Gasteiger partial charge in [0.25, 0.3) is 0 Å². The number of rotatable bonds is 8. The van der Waals surface area contributed by atoms with Gasteiger partial charge in [-0.1, -0.05) is 13.8 Å². The van der Waals surface area contributed by atoms with Crippen LogP contribution in [0.2, 0.25) is 0 Å². The fourth-order valence-electron chi connectivity index (χ4n) is 2.80. The van der Waals surface area contributed by atoms with Crippen LogP contribution in [0.1, 0.15) is 32.1 Å². The first-order valence-corrected chi connectivity index (χ1v) is 8.28. The van der Waals surface area contributed by atoms with Crippen molar-refractivity contribution < 1.29 is 9.15 Å². The second-order valence-electron chi connectivity index (χ2n) is 6.35. The third kappa shape index (κ3) is 3.83. The Balaban J connectivity index is 1.86. The molecule has 0 radical (unpaired) electrons. The number of imidazole rings is 1. The average Bonchev–Trinajstić information content (AvgIpc) is 3.22. The van der Waals surface area contributed by atoms with Gasteiger partial charge in [0.15, 0.2) is 12.2 Å². The Morgan fingerprint density at radius 2 is 2.21 bits per heavy atom. The smallest absolute Gasteiger partial charge is 0.181 e. The van der Waals surface area contributed by atoms with Gasteiger partial charge in [-0.3, -0.25) is 0 Å². The summed E-state index contributed by atoms with van der Waals surface area (Å²) in [5.74, 6) is 2.29. The second-order valence-corrected chi connectivity index (χ2v) is 6.35. The van der Waals surface area contributed by atoms with Crippen LogP contribution in [0, 0.1) is 5.92 Å². The van der Waals surface area contributed by atoms with Crippen LogP contribution < -0.4 is 5.32 Å². The summed E-state index contributed by atoms with van der Waals surface area (Å²) in [5.41, 5.74) is 2.94. The molecule has 6 nitrogen and oxygen atoms in total. The second kappa shape index (κ2) is 7.59. The molecule has 0 saturated carbocycles. The van der Waals surface area contributed by atoms with E-state index in [9.17, 15) is 0 Å². The standard InChI is InChI=1S/C18H24N4O2/c1-12(2)8-16(20-6-7-23-3)18-21-14-5-4-13(9-15(14)22-18)17-10-19-11-24-17/h4-5,9-12,16,20H,6-8H2,1-3H3,(H,21,22)/t16-/m1/s1. The van der Waals surface area contributed by atoms with Crippen molar-refractivity contribution >= 4 is 11.0 Å². The van der Waals surface area contributed by atoms with Crippen molar-refractivity contribution in [1.82, 2.24) is 20.3 Å². The third-order valence-electron chi connectivity index (χ3n) is 3.95. The van der Waals surface area contributed by atoms with Crippen LogP contribution in [0.15, 0.2) is 35.2 Å². The fourth-order valence-corrected chi connectivity index (χ4v) is 2.80. The molecule has 2 N–H and O–H groups in total. The van der Waals surface area contributed by atoms with Gasteiger partial charge in [0.2, 0.25) is 0 Å². The number of H-pyrrole nitrogens is 1. The van der Waals surface area contributed by atoms with Gasteiger partial charge in [-0.05, 0) is 30.5 Å². The predicted molar refractivity (Wildman–Crippen MR) is 93.7 cm³/mol.